The fraction of sp³-hybridized carbons (Fsp3) is 0.263. The third-order valence-electron chi connectivity index (χ3n) is 4.33. The van der Waals surface area contributed by atoms with Crippen molar-refractivity contribution in [1.29, 1.82) is 0 Å². The summed E-state index contributed by atoms with van der Waals surface area (Å²) >= 11 is 0. The fourth-order valence-electron chi connectivity index (χ4n) is 2.99. The van der Waals surface area contributed by atoms with E-state index in [1.54, 1.807) is 0 Å². The molecule has 0 bridgehead atoms. The van der Waals surface area contributed by atoms with E-state index in [2.05, 4.69) is 30.3 Å². The third-order valence-corrected chi connectivity index (χ3v) is 4.33. The van der Waals surface area contributed by atoms with E-state index in [-0.39, 0.29) is 40.4 Å². The number of ether oxygens (including phenoxy) is 2. The molecule has 3 rings (SSSR count). The Bertz CT molecular complexity index is 1060. The highest BCUT2D eigenvalue weighted by Crippen LogP contribution is 2.35. The van der Waals surface area contributed by atoms with Crippen molar-refractivity contribution < 1.29 is 27.4 Å². The van der Waals surface area contributed by atoms with Gasteiger partial charge >= 0.3 is 0 Å². The van der Waals surface area contributed by atoms with Crippen LogP contribution in [-0.2, 0) is 10.3 Å². The predicted octanol–water partition coefficient (Wildman–Crippen LogP) is 2.63. The van der Waals surface area contributed by atoms with Gasteiger partial charge in [-0.25, -0.2) is 23.1 Å². The molecule has 1 amide bonds. The molecule has 4 N–H and O–H groups in total. The second-order valence-electron chi connectivity index (χ2n) is 6.50. The Morgan fingerprint density at radius 1 is 1.35 bits per heavy atom. The Balaban J connectivity index is 1.92. The number of carbonyl (C=O) groups is 1. The summed E-state index contributed by atoms with van der Waals surface area (Å²) in [7, 11) is 1.50. The van der Waals surface area contributed by atoms with Gasteiger partial charge in [0.1, 0.15) is 23.8 Å². The van der Waals surface area contributed by atoms with Crippen molar-refractivity contribution in [1.82, 2.24) is 9.97 Å². The van der Waals surface area contributed by atoms with Crippen molar-refractivity contribution in [3.05, 3.63) is 53.3 Å². The summed E-state index contributed by atoms with van der Waals surface area (Å²) in [5, 5.41) is 5.25. The van der Waals surface area contributed by atoms with Gasteiger partial charge in [0.25, 0.3) is 11.9 Å². The minimum atomic E-state index is -1.35. The number of alkyl halides is 2. The first-order valence-corrected chi connectivity index (χ1v) is 8.95. The second kappa shape index (κ2) is 8.90. The van der Waals surface area contributed by atoms with Gasteiger partial charge in [0.15, 0.2) is 11.5 Å². The molecule has 1 aromatic carbocycles. The number of carbonyl (C=O) groups excluding carboxylic acids is 1. The minimum absolute atomic E-state index is 0.0362. The standard InChI is InChI=1S/C19H19F3N6O3/c1-19(6-11(7-20)31-18(23)28-19)12-5-10(3-4-13(12)22)26-17(29)15-16(24-2)27-14(8-25-15)30-9-21/h3-6,8H,7,9H2,1-2H3,(H2,23,28)(H,24,27)(H,26,29)/t19-/m0/s1. The Morgan fingerprint density at radius 2 is 2.13 bits per heavy atom. The first kappa shape index (κ1) is 21.9. The van der Waals surface area contributed by atoms with Gasteiger partial charge in [0.2, 0.25) is 12.7 Å². The van der Waals surface area contributed by atoms with Gasteiger partial charge in [-0.2, -0.15) is 4.98 Å². The molecular formula is C19H19F3N6O3. The minimum Gasteiger partial charge on any atom is -0.445 e. The van der Waals surface area contributed by atoms with E-state index in [0.29, 0.717) is 0 Å². The highest BCUT2D eigenvalue weighted by molar-refractivity contribution is 6.06. The number of aromatic nitrogens is 2. The van der Waals surface area contributed by atoms with E-state index in [4.69, 9.17) is 10.5 Å². The van der Waals surface area contributed by atoms with Crippen LogP contribution in [0.15, 0.2) is 41.2 Å². The monoisotopic (exact) mass is 436 g/mol. The van der Waals surface area contributed by atoms with Crippen molar-refractivity contribution in [2.75, 3.05) is 31.2 Å². The lowest BCUT2D eigenvalue weighted by Gasteiger charge is -2.28. The van der Waals surface area contributed by atoms with E-state index in [1.165, 1.54) is 32.2 Å². The number of allylic oxidation sites excluding steroid dienone is 1. The predicted molar refractivity (Wildman–Crippen MR) is 107 cm³/mol. The molecule has 0 aliphatic carbocycles. The number of nitrogens with two attached hydrogens (primary N) is 1. The van der Waals surface area contributed by atoms with Crippen LogP contribution in [0.2, 0.25) is 0 Å². The Kier molecular flexibility index (Phi) is 6.28. The summed E-state index contributed by atoms with van der Waals surface area (Å²) in [6, 6.07) is 3.49. The Hall–Kier alpha value is -3.83. The number of amidine groups is 1. The summed E-state index contributed by atoms with van der Waals surface area (Å²) in [6.45, 7) is -0.523. The van der Waals surface area contributed by atoms with Crippen LogP contribution in [0.4, 0.5) is 24.7 Å². The Morgan fingerprint density at radius 3 is 2.81 bits per heavy atom. The van der Waals surface area contributed by atoms with E-state index < -0.39 is 30.8 Å². The van der Waals surface area contributed by atoms with E-state index in [9.17, 15) is 18.0 Å². The van der Waals surface area contributed by atoms with E-state index >= 15 is 0 Å². The van der Waals surface area contributed by atoms with Crippen LogP contribution in [0.25, 0.3) is 0 Å². The molecule has 0 fully saturated rings. The van der Waals surface area contributed by atoms with Crippen molar-refractivity contribution in [2.45, 2.75) is 12.5 Å². The fourth-order valence-corrected chi connectivity index (χ4v) is 2.99. The summed E-state index contributed by atoms with van der Waals surface area (Å²) in [4.78, 5) is 24.6. The number of nitrogens with zero attached hydrogens (tertiary/aromatic N) is 3. The summed E-state index contributed by atoms with van der Waals surface area (Å²) < 4.78 is 49.6. The second-order valence-corrected chi connectivity index (χ2v) is 6.50. The molecule has 1 aliphatic rings. The molecule has 1 aliphatic heterocycles. The zero-order valence-corrected chi connectivity index (χ0v) is 16.6. The van der Waals surface area contributed by atoms with Gasteiger partial charge in [-0.15, -0.1) is 0 Å². The molecule has 2 heterocycles. The number of benzene rings is 1. The maximum Gasteiger partial charge on any atom is 0.288 e. The molecular weight excluding hydrogens is 417 g/mol. The first-order chi connectivity index (χ1) is 14.8. The molecule has 1 aromatic heterocycles. The maximum absolute atomic E-state index is 14.6. The van der Waals surface area contributed by atoms with Gasteiger partial charge < -0.3 is 25.8 Å². The number of aliphatic imine (C=N–C) groups is 1. The van der Waals surface area contributed by atoms with Crippen molar-refractivity contribution in [3.8, 4) is 5.88 Å². The SMILES string of the molecule is CNc1nc(OCF)cnc1C(=O)Nc1ccc(F)c([C@]2(C)C=C(CF)OC(N)=N2)c1. The smallest absolute Gasteiger partial charge is 0.288 e. The molecule has 0 saturated heterocycles. The number of anilines is 2. The molecule has 0 radical (unpaired) electrons. The number of halogens is 3. The lowest BCUT2D eigenvalue weighted by molar-refractivity contribution is 0.102. The lowest BCUT2D eigenvalue weighted by atomic mass is 9.90. The molecule has 31 heavy (non-hydrogen) atoms. The van der Waals surface area contributed by atoms with Crippen LogP contribution in [0.5, 0.6) is 5.88 Å². The van der Waals surface area contributed by atoms with Crippen molar-refractivity contribution in [2.24, 2.45) is 10.7 Å². The quantitative estimate of drug-likeness (QED) is 0.610. The number of hydrogen-bond donors (Lipinski definition) is 3. The molecule has 9 nitrogen and oxygen atoms in total. The van der Waals surface area contributed by atoms with Crippen molar-refractivity contribution in [3.63, 3.8) is 0 Å². The van der Waals surface area contributed by atoms with Crippen LogP contribution in [-0.4, -0.2) is 42.5 Å². The zero-order valence-electron chi connectivity index (χ0n) is 16.6. The van der Waals surface area contributed by atoms with Crippen LogP contribution >= 0.6 is 0 Å². The van der Waals surface area contributed by atoms with E-state index in [1.807, 2.05) is 0 Å². The third kappa shape index (κ3) is 4.68. The highest BCUT2D eigenvalue weighted by atomic mass is 19.1. The lowest BCUT2D eigenvalue weighted by Crippen LogP contribution is -2.31. The first-order valence-electron chi connectivity index (χ1n) is 8.95. The molecule has 0 saturated carbocycles. The van der Waals surface area contributed by atoms with Gasteiger partial charge in [-0.05, 0) is 31.2 Å². The summed E-state index contributed by atoms with van der Waals surface area (Å²) in [5.74, 6) is -1.47. The highest BCUT2D eigenvalue weighted by Gasteiger charge is 2.32. The van der Waals surface area contributed by atoms with Gasteiger partial charge in [-0.3, -0.25) is 4.79 Å². The van der Waals surface area contributed by atoms with Crippen LogP contribution in [0, 0.1) is 5.82 Å². The number of hydrogen-bond acceptors (Lipinski definition) is 8. The van der Waals surface area contributed by atoms with Gasteiger partial charge in [0.05, 0.1) is 6.20 Å². The van der Waals surface area contributed by atoms with Gasteiger partial charge in [-0.1, -0.05) is 0 Å². The topological polar surface area (TPSA) is 124 Å². The molecule has 1 atom stereocenters. The largest absolute Gasteiger partial charge is 0.445 e. The molecule has 12 heteroatoms. The normalized spacial score (nSPS) is 17.8. The van der Waals surface area contributed by atoms with Crippen LogP contribution in [0.1, 0.15) is 23.0 Å². The summed E-state index contributed by atoms with van der Waals surface area (Å²) in [5.41, 5.74) is 4.40. The maximum atomic E-state index is 14.6. The number of nitrogens with one attached hydrogen (secondary N) is 2. The number of amides is 1. The summed E-state index contributed by atoms with van der Waals surface area (Å²) in [6.07, 6.45) is 2.40. The molecule has 2 aromatic rings. The molecule has 164 valence electrons. The van der Waals surface area contributed by atoms with Crippen LogP contribution < -0.4 is 21.1 Å². The Labute approximate surface area is 175 Å². The van der Waals surface area contributed by atoms with E-state index in [0.717, 1.165) is 12.3 Å². The molecule has 0 spiro atoms. The average Bonchev–Trinajstić information content (AvgIpc) is 2.74. The average molecular weight is 436 g/mol. The number of rotatable bonds is 7. The van der Waals surface area contributed by atoms with Crippen LogP contribution in [0.3, 0.4) is 0 Å². The van der Waals surface area contributed by atoms with Gasteiger partial charge in [0, 0.05) is 18.3 Å². The zero-order chi connectivity index (χ0) is 22.6. The molecule has 0 unspecified atom stereocenters. The van der Waals surface area contributed by atoms with Crippen molar-refractivity contribution >= 4 is 23.4 Å².